The molecular formula is C16H20N2O2. The van der Waals surface area contributed by atoms with E-state index in [9.17, 15) is 10.0 Å². The molecule has 0 unspecified atom stereocenters. The van der Waals surface area contributed by atoms with Crippen LogP contribution in [-0.2, 0) is 11.8 Å². The van der Waals surface area contributed by atoms with Gasteiger partial charge >= 0.3 is 0 Å². The van der Waals surface area contributed by atoms with Crippen LogP contribution in [0.15, 0.2) is 23.5 Å². The van der Waals surface area contributed by atoms with Gasteiger partial charge in [0.25, 0.3) is 0 Å². The molecule has 4 nitrogen and oxygen atoms in total. The van der Waals surface area contributed by atoms with Crippen LogP contribution in [0, 0.1) is 10.8 Å². The molecule has 106 valence electrons. The zero-order valence-corrected chi connectivity index (χ0v) is 11.6. The van der Waals surface area contributed by atoms with Crippen LogP contribution in [0.2, 0.25) is 0 Å². The second-order valence-electron chi connectivity index (χ2n) is 6.62. The topological polar surface area (TPSA) is 52.9 Å². The van der Waals surface area contributed by atoms with Crippen molar-refractivity contribution < 1.29 is 5.11 Å². The lowest BCUT2D eigenvalue weighted by Gasteiger charge is -2.57. The first-order valence-corrected chi connectivity index (χ1v) is 7.67. The molecule has 2 bridgehead atoms. The SMILES string of the molecule is O=NN1CC[C@]23CCCC[C@H]2[C@H]1Cc1ccc(O)cc13. The first kappa shape index (κ1) is 12.2. The number of fused-ring (bicyclic) bond motifs is 1. The summed E-state index contributed by atoms with van der Waals surface area (Å²) in [6, 6.07) is 6.05. The lowest BCUT2D eigenvalue weighted by molar-refractivity contribution is -0.0112. The van der Waals surface area contributed by atoms with Crippen LogP contribution in [0.5, 0.6) is 5.75 Å². The zero-order valence-electron chi connectivity index (χ0n) is 11.6. The highest BCUT2D eigenvalue weighted by Crippen LogP contribution is 2.56. The maximum Gasteiger partial charge on any atom is 0.115 e. The third-order valence-corrected chi connectivity index (χ3v) is 5.90. The molecule has 1 aromatic carbocycles. The molecule has 3 aliphatic rings. The smallest absolute Gasteiger partial charge is 0.115 e. The van der Waals surface area contributed by atoms with Crippen LogP contribution >= 0.6 is 0 Å². The predicted molar refractivity (Wildman–Crippen MR) is 76.4 cm³/mol. The van der Waals surface area contributed by atoms with Gasteiger partial charge in [0, 0.05) is 12.0 Å². The summed E-state index contributed by atoms with van der Waals surface area (Å²) in [5, 5.41) is 15.0. The summed E-state index contributed by atoms with van der Waals surface area (Å²) in [7, 11) is 0. The van der Waals surface area contributed by atoms with Crippen LogP contribution in [0.3, 0.4) is 0 Å². The molecule has 2 fully saturated rings. The molecule has 20 heavy (non-hydrogen) atoms. The average molecular weight is 272 g/mol. The van der Waals surface area contributed by atoms with E-state index in [-0.39, 0.29) is 11.5 Å². The molecule has 1 heterocycles. The number of aromatic hydroxyl groups is 1. The highest BCUT2D eigenvalue weighted by molar-refractivity contribution is 5.45. The normalized spacial score (nSPS) is 35.1. The molecule has 0 radical (unpaired) electrons. The highest BCUT2D eigenvalue weighted by atomic mass is 16.3. The summed E-state index contributed by atoms with van der Waals surface area (Å²) in [6.07, 6.45) is 6.78. The van der Waals surface area contributed by atoms with Crippen molar-refractivity contribution in [3.63, 3.8) is 0 Å². The van der Waals surface area contributed by atoms with E-state index in [1.807, 2.05) is 12.1 Å². The van der Waals surface area contributed by atoms with Crippen molar-refractivity contribution in [3.8, 4) is 5.75 Å². The lowest BCUT2D eigenvalue weighted by Crippen LogP contribution is -2.59. The molecule has 1 saturated heterocycles. The average Bonchev–Trinajstić information content (AvgIpc) is 2.48. The van der Waals surface area contributed by atoms with Gasteiger partial charge in [-0.2, -0.15) is 0 Å². The third kappa shape index (κ3) is 1.48. The molecule has 3 atom stereocenters. The van der Waals surface area contributed by atoms with Gasteiger partial charge in [-0.25, -0.2) is 0 Å². The van der Waals surface area contributed by atoms with Crippen molar-refractivity contribution >= 4 is 0 Å². The monoisotopic (exact) mass is 272 g/mol. The molecule has 4 heteroatoms. The Bertz CT molecular complexity index is 559. The summed E-state index contributed by atoms with van der Waals surface area (Å²) in [5.74, 6) is 0.897. The summed E-state index contributed by atoms with van der Waals surface area (Å²) < 4.78 is 0. The van der Waals surface area contributed by atoms with Gasteiger partial charge in [-0.3, -0.25) is 5.01 Å². The second kappa shape index (κ2) is 4.21. The molecule has 2 aliphatic carbocycles. The quantitative estimate of drug-likeness (QED) is 0.799. The van der Waals surface area contributed by atoms with Crippen LogP contribution < -0.4 is 0 Å². The van der Waals surface area contributed by atoms with Gasteiger partial charge in [0.15, 0.2) is 0 Å². The van der Waals surface area contributed by atoms with E-state index >= 15 is 0 Å². The predicted octanol–water partition coefficient (Wildman–Crippen LogP) is 3.13. The van der Waals surface area contributed by atoms with E-state index in [0.29, 0.717) is 11.7 Å². The highest BCUT2D eigenvalue weighted by Gasteiger charge is 2.54. The van der Waals surface area contributed by atoms with E-state index in [1.54, 1.807) is 11.1 Å². The largest absolute Gasteiger partial charge is 0.508 e. The van der Waals surface area contributed by atoms with Gasteiger partial charge in [-0.05, 0) is 54.9 Å². The van der Waals surface area contributed by atoms with Crippen molar-refractivity contribution in [1.29, 1.82) is 0 Å². The van der Waals surface area contributed by atoms with Crippen molar-refractivity contribution in [3.05, 3.63) is 34.2 Å². The molecule has 0 aromatic heterocycles. The lowest BCUT2D eigenvalue weighted by atomic mass is 9.52. The Kier molecular flexibility index (Phi) is 2.56. The Morgan fingerprint density at radius 3 is 3.05 bits per heavy atom. The minimum Gasteiger partial charge on any atom is -0.508 e. The Morgan fingerprint density at radius 2 is 2.20 bits per heavy atom. The molecule has 4 rings (SSSR count). The minimum atomic E-state index is 0.177. The molecule has 0 amide bonds. The van der Waals surface area contributed by atoms with Crippen molar-refractivity contribution in [2.75, 3.05) is 6.54 Å². The van der Waals surface area contributed by atoms with E-state index in [0.717, 1.165) is 19.4 Å². The van der Waals surface area contributed by atoms with E-state index in [1.165, 1.54) is 36.8 Å². The summed E-state index contributed by atoms with van der Waals surface area (Å²) in [6.45, 7) is 0.764. The Balaban J connectivity index is 1.89. The number of rotatable bonds is 1. The molecule has 1 aliphatic heterocycles. The maximum absolute atomic E-state index is 11.1. The number of phenolic OH excluding ortho intramolecular Hbond substituents is 1. The fourth-order valence-electron chi connectivity index (χ4n) is 5.07. The van der Waals surface area contributed by atoms with Gasteiger partial charge in [0.2, 0.25) is 0 Å². The standard InChI is InChI=1S/C16H20N2O2/c19-12-5-4-11-9-15-13-3-1-2-6-16(13,14(11)10-12)7-8-18(15)17-20/h4-5,10,13,15,19H,1-3,6-9H2/t13-,15+,16+/m0/s1. The fourth-order valence-corrected chi connectivity index (χ4v) is 5.07. The number of phenols is 1. The van der Waals surface area contributed by atoms with Crippen LogP contribution in [0.1, 0.15) is 43.2 Å². The molecule has 1 N–H and O–H groups in total. The fraction of sp³-hybridized carbons (Fsp3) is 0.625. The Morgan fingerprint density at radius 1 is 1.30 bits per heavy atom. The maximum atomic E-state index is 11.1. The minimum absolute atomic E-state index is 0.177. The number of nitroso groups, excluding NO2 is 1. The third-order valence-electron chi connectivity index (χ3n) is 5.90. The summed E-state index contributed by atoms with van der Waals surface area (Å²) >= 11 is 0. The number of hydrogen-bond donors (Lipinski definition) is 1. The number of hydrogen-bond acceptors (Lipinski definition) is 3. The summed E-state index contributed by atoms with van der Waals surface area (Å²) in [4.78, 5) is 11.1. The van der Waals surface area contributed by atoms with Gasteiger partial charge in [-0.15, -0.1) is 4.91 Å². The van der Waals surface area contributed by atoms with Crippen molar-refractivity contribution in [2.45, 2.75) is 50.0 Å². The molecule has 0 spiro atoms. The van der Waals surface area contributed by atoms with Crippen molar-refractivity contribution in [1.82, 2.24) is 5.01 Å². The first-order chi connectivity index (χ1) is 9.74. The first-order valence-electron chi connectivity index (χ1n) is 7.67. The van der Waals surface area contributed by atoms with Gasteiger partial charge in [0.05, 0.1) is 11.3 Å². The Labute approximate surface area is 118 Å². The van der Waals surface area contributed by atoms with Gasteiger partial charge < -0.3 is 5.11 Å². The van der Waals surface area contributed by atoms with E-state index in [2.05, 4.69) is 5.29 Å². The second-order valence-corrected chi connectivity index (χ2v) is 6.62. The summed E-state index contributed by atoms with van der Waals surface area (Å²) in [5.41, 5.74) is 2.83. The van der Waals surface area contributed by atoms with Crippen LogP contribution in [-0.4, -0.2) is 22.7 Å². The number of nitrogens with zero attached hydrogens (tertiary/aromatic N) is 2. The van der Waals surface area contributed by atoms with Crippen LogP contribution in [0.4, 0.5) is 0 Å². The number of benzene rings is 1. The van der Waals surface area contributed by atoms with E-state index in [4.69, 9.17) is 0 Å². The number of piperidine rings is 1. The van der Waals surface area contributed by atoms with E-state index < -0.39 is 0 Å². The van der Waals surface area contributed by atoms with Gasteiger partial charge in [0.1, 0.15) is 5.75 Å². The molecular weight excluding hydrogens is 252 g/mol. The van der Waals surface area contributed by atoms with Crippen molar-refractivity contribution in [2.24, 2.45) is 11.2 Å². The zero-order chi connectivity index (χ0) is 13.7. The van der Waals surface area contributed by atoms with Gasteiger partial charge in [-0.1, -0.05) is 18.9 Å². The molecule has 1 aromatic rings. The van der Waals surface area contributed by atoms with Crippen LogP contribution in [0.25, 0.3) is 0 Å². The Hall–Kier alpha value is -1.58. The molecule has 1 saturated carbocycles.